The summed E-state index contributed by atoms with van der Waals surface area (Å²) in [6.07, 6.45) is 1.58. The van der Waals surface area contributed by atoms with E-state index in [1.807, 2.05) is 6.92 Å². The van der Waals surface area contributed by atoms with E-state index in [2.05, 4.69) is 10.0 Å². The van der Waals surface area contributed by atoms with Crippen LogP contribution in [0.2, 0.25) is 0 Å². The normalized spacial score (nSPS) is 26.2. The molecular formula is C13H18N2O3S. The summed E-state index contributed by atoms with van der Waals surface area (Å²) in [4.78, 5) is 0.324. The van der Waals surface area contributed by atoms with E-state index in [-0.39, 0.29) is 0 Å². The van der Waals surface area contributed by atoms with E-state index in [1.54, 1.807) is 18.2 Å². The predicted molar refractivity (Wildman–Crippen MR) is 71.9 cm³/mol. The number of rotatable bonds is 3. The highest BCUT2D eigenvalue weighted by atomic mass is 32.2. The molecule has 1 aromatic carbocycles. The Morgan fingerprint density at radius 3 is 3.00 bits per heavy atom. The van der Waals surface area contributed by atoms with E-state index >= 15 is 0 Å². The third-order valence-electron chi connectivity index (χ3n) is 3.72. The van der Waals surface area contributed by atoms with Gasteiger partial charge in [-0.15, -0.1) is 0 Å². The molecule has 2 aliphatic rings. The first kappa shape index (κ1) is 12.9. The zero-order chi connectivity index (χ0) is 13.5. The zero-order valence-electron chi connectivity index (χ0n) is 10.9. The Morgan fingerprint density at radius 2 is 2.26 bits per heavy atom. The van der Waals surface area contributed by atoms with E-state index in [0.717, 1.165) is 30.7 Å². The molecule has 0 saturated carbocycles. The van der Waals surface area contributed by atoms with Crippen LogP contribution in [0.3, 0.4) is 0 Å². The molecule has 1 fully saturated rings. The Bertz CT molecular complexity index is 592. The second kappa shape index (κ2) is 4.47. The minimum atomic E-state index is -3.47. The number of nitrogens with one attached hydrogen (secondary N) is 2. The molecule has 2 aliphatic heterocycles. The van der Waals surface area contributed by atoms with Crippen LogP contribution in [0.5, 0.6) is 5.75 Å². The van der Waals surface area contributed by atoms with Crippen LogP contribution in [-0.2, 0) is 16.4 Å². The maximum atomic E-state index is 12.4. The summed E-state index contributed by atoms with van der Waals surface area (Å²) in [5, 5.41) is 3.18. The molecule has 1 saturated heterocycles. The van der Waals surface area contributed by atoms with Gasteiger partial charge in [0.1, 0.15) is 5.75 Å². The third kappa shape index (κ3) is 2.48. The molecule has 0 radical (unpaired) electrons. The van der Waals surface area contributed by atoms with Crippen molar-refractivity contribution >= 4 is 10.0 Å². The average molecular weight is 282 g/mol. The van der Waals surface area contributed by atoms with Crippen molar-refractivity contribution in [3.05, 3.63) is 23.8 Å². The number of hydrogen-bond acceptors (Lipinski definition) is 4. The van der Waals surface area contributed by atoms with Gasteiger partial charge in [-0.2, -0.15) is 0 Å². The Hall–Kier alpha value is -1.11. The summed E-state index contributed by atoms with van der Waals surface area (Å²) in [5.41, 5.74) is 0.575. The molecule has 1 unspecified atom stereocenters. The second-order valence-corrected chi connectivity index (χ2v) is 7.14. The van der Waals surface area contributed by atoms with Crippen molar-refractivity contribution in [2.75, 3.05) is 19.7 Å². The van der Waals surface area contributed by atoms with Crippen molar-refractivity contribution in [1.29, 1.82) is 0 Å². The summed E-state index contributed by atoms with van der Waals surface area (Å²) in [6, 6.07) is 5.07. The van der Waals surface area contributed by atoms with E-state index < -0.39 is 15.6 Å². The molecule has 19 heavy (non-hydrogen) atoms. The molecule has 2 N–H and O–H groups in total. The lowest BCUT2D eigenvalue weighted by Gasteiger charge is -2.24. The molecule has 6 heteroatoms. The van der Waals surface area contributed by atoms with Gasteiger partial charge in [0.05, 0.1) is 11.5 Å². The molecule has 2 heterocycles. The van der Waals surface area contributed by atoms with Gasteiger partial charge in [0.15, 0.2) is 0 Å². The lowest BCUT2D eigenvalue weighted by Crippen LogP contribution is -2.47. The second-order valence-electron chi connectivity index (χ2n) is 5.46. The SMILES string of the molecule is CC1(NS(=O)(=O)c2ccc3c(c2)CCO3)CCNC1. The van der Waals surface area contributed by atoms with Gasteiger partial charge in [-0.05, 0) is 43.7 Å². The molecule has 5 nitrogen and oxygen atoms in total. The zero-order valence-corrected chi connectivity index (χ0v) is 11.7. The summed E-state index contributed by atoms with van der Waals surface area (Å²) in [5.74, 6) is 0.799. The van der Waals surface area contributed by atoms with Crippen LogP contribution >= 0.6 is 0 Å². The first-order chi connectivity index (χ1) is 8.99. The highest BCUT2D eigenvalue weighted by molar-refractivity contribution is 7.89. The third-order valence-corrected chi connectivity index (χ3v) is 5.36. The maximum absolute atomic E-state index is 12.4. The first-order valence-electron chi connectivity index (χ1n) is 6.49. The summed E-state index contributed by atoms with van der Waals surface area (Å²) in [7, 11) is -3.47. The van der Waals surface area contributed by atoms with Gasteiger partial charge in [-0.1, -0.05) is 0 Å². The van der Waals surface area contributed by atoms with E-state index in [4.69, 9.17) is 4.74 Å². The Balaban J connectivity index is 1.88. The van der Waals surface area contributed by atoms with Crippen LogP contribution in [0, 0.1) is 0 Å². The first-order valence-corrected chi connectivity index (χ1v) is 7.97. The lowest BCUT2D eigenvalue weighted by atomic mass is 10.0. The van der Waals surface area contributed by atoms with Crippen LogP contribution in [0.15, 0.2) is 23.1 Å². The van der Waals surface area contributed by atoms with E-state index in [1.165, 1.54) is 0 Å². The van der Waals surface area contributed by atoms with Crippen molar-refractivity contribution in [2.24, 2.45) is 0 Å². The number of benzene rings is 1. The number of sulfonamides is 1. The highest BCUT2D eigenvalue weighted by Gasteiger charge is 2.33. The van der Waals surface area contributed by atoms with E-state index in [9.17, 15) is 8.42 Å². The number of fused-ring (bicyclic) bond motifs is 1. The van der Waals surface area contributed by atoms with Crippen LogP contribution in [0.1, 0.15) is 18.9 Å². The maximum Gasteiger partial charge on any atom is 0.241 e. The van der Waals surface area contributed by atoms with E-state index in [0.29, 0.717) is 18.0 Å². The molecule has 0 bridgehead atoms. The predicted octanol–water partition coefficient (Wildman–Crippen LogP) is 0.652. The standard InChI is InChI=1S/C13H18N2O3S/c1-13(5-6-14-9-13)15-19(16,17)11-2-3-12-10(8-11)4-7-18-12/h2-3,8,14-15H,4-7,9H2,1H3. The van der Waals surface area contributed by atoms with Gasteiger partial charge < -0.3 is 10.1 Å². The largest absolute Gasteiger partial charge is 0.493 e. The van der Waals surface area contributed by atoms with Crippen molar-refractivity contribution < 1.29 is 13.2 Å². The Kier molecular flexibility index (Phi) is 3.03. The van der Waals surface area contributed by atoms with Crippen LogP contribution in [-0.4, -0.2) is 33.7 Å². The molecule has 1 aromatic rings. The number of hydrogen-bond donors (Lipinski definition) is 2. The van der Waals surface area contributed by atoms with Crippen LogP contribution in [0.4, 0.5) is 0 Å². The minimum Gasteiger partial charge on any atom is -0.493 e. The van der Waals surface area contributed by atoms with Crippen molar-refractivity contribution in [2.45, 2.75) is 30.2 Å². The molecule has 0 aliphatic carbocycles. The quantitative estimate of drug-likeness (QED) is 0.854. The van der Waals surface area contributed by atoms with Gasteiger partial charge in [0.25, 0.3) is 0 Å². The summed E-state index contributed by atoms with van der Waals surface area (Å²) in [6.45, 7) is 4.08. The molecule has 0 spiro atoms. The Labute approximate surface area is 113 Å². The molecule has 104 valence electrons. The van der Waals surface area contributed by atoms with Gasteiger partial charge in [0, 0.05) is 18.5 Å². The fourth-order valence-corrected chi connectivity index (χ4v) is 4.10. The lowest BCUT2D eigenvalue weighted by molar-refractivity contribution is 0.356. The van der Waals surface area contributed by atoms with Gasteiger partial charge in [-0.3, -0.25) is 0 Å². The summed E-state index contributed by atoms with van der Waals surface area (Å²) < 4.78 is 33.0. The number of ether oxygens (including phenoxy) is 1. The van der Waals surface area contributed by atoms with Gasteiger partial charge in [-0.25, -0.2) is 13.1 Å². The topological polar surface area (TPSA) is 67.4 Å². The Morgan fingerprint density at radius 1 is 1.42 bits per heavy atom. The molecular weight excluding hydrogens is 264 g/mol. The van der Waals surface area contributed by atoms with Crippen molar-refractivity contribution in [3.8, 4) is 5.75 Å². The van der Waals surface area contributed by atoms with Gasteiger partial charge >= 0.3 is 0 Å². The fraction of sp³-hybridized carbons (Fsp3) is 0.538. The molecule has 3 rings (SSSR count). The minimum absolute atomic E-state index is 0.324. The average Bonchev–Trinajstić information content (AvgIpc) is 2.96. The van der Waals surface area contributed by atoms with Gasteiger partial charge in [0.2, 0.25) is 10.0 Å². The fourth-order valence-electron chi connectivity index (χ4n) is 2.62. The molecule has 1 atom stereocenters. The van der Waals surface area contributed by atoms with Crippen molar-refractivity contribution in [3.63, 3.8) is 0 Å². The summed E-state index contributed by atoms with van der Waals surface area (Å²) >= 11 is 0. The smallest absolute Gasteiger partial charge is 0.241 e. The monoisotopic (exact) mass is 282 g/mol. The van der Waals surface area contributed by atoms with Crippen molar-refractivity contribution in [1.82, 2.24) is 10.0 Å². The van der Waals surface area contributed by atoms with Crippen LogP contribution in [0.25, 0.3) is 0 Å². The van der Waals surface area contributed by atoms with Crippen LogP contribution < -0.4 is 14.8 Å². The highest BCUT2D eigenvalue weighted by Crippen LogP contribution is 2.28. The molecule has 0 aromatic heterocycles. The molecule has 0 amide bonds.